The summed E-state index contributed by atoms with van der Waals surface area (Å²) in [5.74, 6) is 0.959. The van der Waals surface area contributed by atoms with Crippen molar-refractivity contribution >= 4 is 34.2 Å². The fraction of sp³-hybridized carbons (Fsp3) is 0.579. The molecule has 1 saturated carbocycles. The molecule has 1 saturated heterocycles. The highest BCUT2D eigenvalue weighted by molar-refractivity contribution is 7.85. The predicted octanol–water partition coefficient (Wildman–Crippen LogP) is 2.04. The van der Waals surface area contributed by atoms with Crippen molar-refractivity contribution in [3.8, 4) is 5.88 Å². The second kappa shape index (κ2) is 8.10. The highest BCUT2D eigenvalue weighted by Crippen LogP contribution is 2.41. The van der Waals surface area contributed by atoms with Crippen molar-refractivity contribution in [2.24, 2.45) is 0 Å². The number of nitrogens with zero attached hydrogens (tertiary/aromatic N) is 5. The van der Waals surface area contributed by atoms with Crippen LogP contribution in [0.5, 0.6) is 5.88 Å². The van der Waals surface area contributed by atoms with E-state index in [4.69, 9.17) is 16.3 Å². The molecule has 0 amide bonds. The van der Waals surface area contributed by atoms with Gasteiger partial charge in [0.2, 0.25) is 11.8 Å². The third kappa shape index (κ3) is 3.83. The molecule has 5 rings (SSSR count). The van der Waals surface area contributed by atoms with E-state index in [0.29, 0.717) is 40.5 Å². The van der Waals surface area contributed by atoms with Gasteiger partial charge in [-0.15, -0.1) is 0 Å². The lowest BCUT2D eigenvalue weighted by Gasteiger charge is -2.41. The van der Waals surface area contributed by atoms with Gasteiger partial charge < -0.3 is 20.1 Å². The van der Waals surface area contributed by atoms with Crippen LogP contribution in [0.4, 0.5) is 16.2 Å². The number of alkyl halides is 1. The average molecular weight is 469 g/mol. The molecule has 12 heteroatoms. The van der Waals surface area contributed by atoms with Crippen molar-refractivity contribution in [2.75, 3.05) is 35.9 Å². The van der Waals surface area contributed by atoms with Crippen LogP contribution in [0, 0.1) is 0 Å². The molecule has 2 unspecified atom stereocenters. The number of aromatic nitrogens is 4. The van der Waals surface area contributed by atoms with Gasteiger partial charge in [0.25, 0.3) is 0 Å². The molecule has 2 aromatic heterocycles. The number of nitrogens with one attached hydrogen (secondary N) is 1. The number of halogens is 2. The lowest BCUT2D eigenvalue weighted by atomic mass is 9.77. The molecule has 0 radical (unpaired) electrons. The molecule has 1 aliphatic carbocycles. The first-order valence-electron chi connectivity index (χ1n) is 10.2. The molecule has 9 nitrogen and oxygen atoms in total. The zero-order valence-corrected chi connectivity index (χ0v) is 18.2. The van der Waals surface area contributed by atoms with E-state index in [1.807, 2.05) is 0 Å². The van der Waals surface area contributed by atoms with E-state index in [9.17, 15) is 9.32 Å². The number of hydrogen-bond donors (Lipinski definition) is 2. The van der Waals surface area contributed by atoms with Gasteiger partial charge in [0.15, 0.2) is 11.8 Å². The average Bonchev–Trinajstić information content (AvgIpc) is 3.12. The highest BCUT2D eigenvalue weighted by atomic mass is 35.5. The van der Waals surface area contributed by atoms with E-state index < -0.39 is 28.4 Å². The SMILES string of the molecule is O=[S@@]1COc2nc(N3CCC(c4ncc(Cl)cn4)C(F)C3)nc(NC3(CO)CCC3)c21. The van der Waals surface area contributed by atoms with E-state index in [2.05, 4.69) is 25.3 Å². The largest absolute Gasteiger partial charge is 0.463 e. The van der Waals surface area contributed by atoms with Gasteiger partial charge in [0, 0.05) is 18.9 Å². The minimum absolute atomic E-state index is 0.00991. The Bertz CT molecular complexity index is 1000. The van der Waals surface area contributed by atoms with Crippen LogP contribution in [0.1, 0.15) is 37.4 Å². The Kier molecular flexibility index (Phi) is 5.43. The summed E-state index contributed by atoms with van der Waals surface area (Å²) >= 11 is 5.83. The Morgan fingerprint density at radius 3 is 2.77 bits per heavy atom. The summed E-state index contributed by atoms with van der Waals surface area (Å²) in [6, 6.07) is 0. The van der Waals surface area contributed by atoms with Crippen molar-refractivity contribution in [3.05, 3.63) is 23.2 Å². The third-order valence-corrected chi connectivity index (χ3v) is 7.50. The first kappa shape index (κ1) is 20.8. The van der Waals surface area contributed by atoms with E-state index in [1.54, 1.807) is 4.90 Å². The maximum atomic E-state index is 15.1. The first-order valence-corrected chi connectivity index (χ1v) is 11.9. The summed E-state index contributed by atoms with van der Waals surface area (Å²) in [5, 5.41) is 13.5. The van der Waals surface area contributed by atoms with Gasteiger partial charge in [0.1, 0.15) is 27.7 Å². The highest BCUT2D eigenvalue weighted by Gasteiger charge is 2.40. The molecule has 2 N–H and O–H groups in total. The van der Waals surface area contributed by atoms with Crippen molar-refractivity contribution in [2.45, 2.75) is 48.2 Å². The van der Waals surface area contributed by atoms with Crippen LogP contribution in [-0.2, 0) is 10.8 Å². The summed E-state index contributed by atoms with van der Waals surface area (Å²) in [6.45, 7) is 0.528. The molecule has 2 aromatic rings. The van der Waals surface area contributed by atoms with Gasteiger partial charge in [-0.25, -0.2) is 14.4 Å². The number of anilines is 2. The number of fused-ring (bicyclic) bond motifs is 1. The van der Waals surface area contributed by atoms with E-state index >= 15 is 4.39 Å². The van der Waals surface area contributed by atoms with E-state index in [0.717, 1.165) is 19.3 Å². The summed E-state index contributed by atoms with van der Waals surface area (Å²) < 4.78 is 33.0. The summed E-state index contributed by atoms with van der Waals surface area (Å²) in [6.07, 6.45) is 4.80. The molecule has 3 aliphatic rings. The molecule has 166 valence electrons. The van der Waals surface area contributed by atoms with Crippen LogP contribution in [0.2, 0.25) is 5.02 Å². The second-order valence-electron chi connectivity index (χ2n) is 8.15. The topological polar surface area (TPSA) is 113 Å². The first-order chi connectivity index (χ1) is 15.0. The maximum absolute atomic E-state index is 15.1. The molecule has 0 spiro atoms. The number of aliphatic hydroxyl groups is 1. The molecule has 2 fully saturated rings. The third-order valence-electron chi connectivity index (χ3n) is 6.15. The molecular formula is C19H22ClFN6O3S. The number of piperidine rings is 1. The lowest BCUT2D eigenvalue weighted by Crippen LogP contribution is -2.49. The van der Waals surface area contributed by atoms with Gasteiger partial charge in [-0.2, -0.15) is 9.97 Å². The van der Waals surface area contributed by atoms with Gasteiger partial charge in [-0.3, -0.25) is 4.21 Å². The Morgan fingerprint density at radius 2 is 2.13 bits per heavy atom. The summed E-state index contributed by atoms with van der Waals surface area (Å²) in [4.78, 5) is 19.5. The molecular weight excluding hydrogens is 447 g/mol. The van der Waals surface area contributed by atoms with Crippen molar-refractivity contribution in [3.63, 3.8) is 0 Å². The Hall–Kier alpha value is -2.11. The number of ether oxygens (including phenoxy) is 1. The fourth-order valence-corrected chi connectivity index (χ4v) is 5.23. The number of rotatable bonds is 5. The van der Waals surface area contributed by atoms with Crippen molar-refractivity contribution in [1.82, 2.24) is 19.9 Å². The second-order valence-corrected chi connectivity index (χ2v) is 9.92. The van der Waals surface area contributed by atoms with Crippen LogP contribution in [0.15, 0.2) is 17.3 Å². The van der Waals surface area contributed by atoms with Crippen LogP contribution < -0.4 is 15.0 Å². The zero-order chi connectivity index (χ0) is 21.6. The normalized spacial score (nSPS) is 26.7. The van der Waals surface area contributed by atoms with Gasteiger partial charge in [0.05, 0.1) is 29.6 Å². The van der Waals surface area contributed by atoms with Crippen molar-refractivity contribution in [1.29, 1.82) is 0 Å². The Morgan fingerprint density at radius 1 is 1.35 bits per heavy atom. The molecule has 4 heterocycles. The van der Waals surface area contributed by atoms with Crippen LogP contribution in [0.25, 0.3) is 0 Å². The zero-order valence-electron chi connectivity index (χ0n) is 16.6. The van der Waals surface area contributed by atoms with Crippen LogP contribution in [0.3, 0.4) is 0 Å². The summed E-state index contributed by atoms with van der Waals surface area (Å²) in [5.41, 5.74) is -0.478. The van der Waals surface area contributed by atoms with Gasteiger partial charge in [-0.1, -0.05) is 11.6 Å². The molecule has 0 bridgehead atoms. The molecule has 0 aromatic carbocycles. The number of aliphatic hydroxyl groups excluding tert-OH is 1. The predicted molar refractivity (Wildman–Crippen MR) is 113 cm³/mol. The molecule has 3 atom stereocenters. The smallest absolute Gasteiger partial charge is 0.238 e. The Labute approximate surface area is 185 Å². The van der Waals surface area contributed by atoms with Gasteiger partial charge >= 0.3 is 0 Å². The van der Waals surface area contributed by atoms with Gasteiger partial charge in [-0.05, 0) is 25.7 Å². The quantitative estimate of drug-likeness (QED) is 0.680. The maximum Gasteiger partial charge on any atom is 0.238 e. The molecule has 2 aliphatic heterocycles. The summed E-state index contributed by atoms with van der Waals surface area (Å²) in [7, 11) is -1.39. The lowest BCUT2D eigenvalue weighted by molar-refractivity contribution is 0.143. The van der Waals surface area contributed by atoms with Crippen LogP contribution >= 0.6 is 11.6 Å². The minimum Gasteiger partial charge on any atom is -0.463 e. The minimum atomic E-state index is -1.39. The monoisotopic (exact) mass is 468 g/mol. The van der Waals surface area contributed by atoms with Crippen LogP contribution in [-0.4, -0.2) is 66.6 Å². The van der Waals surface area contributed by atoms with E-state index in [1.165, 1.54) is 12.4 Å². The fourth-order valence-electron chi connectivity index (χ4n) is 4.18. The standard InChI is InChI=1S/C19H22ClFN6O3S/c20-11-6-22-15(23-7-11)12-2-5-27(8-13(12)21)18-24-16(26-19(9-28)3-1-4-19)14-17(25-18)30-10-31(14)29/h6-7,12-13,28H,1-5,8-10H2,(H,24,25,26)/t12?,13?,31-/m1/s1. The molecule has 31 heavy (non-hydrogen) atoms. The van der Waals surface area contributed by atoms with Crippen molar-refractivity contribution < 1.29 is 18.4 Å². The Balaban J connectivity index is 1.40. The number of hydrogen-bond acceptors (Lipinski definition) is 9. The van der Waals surface area contributed by atoms with E-state index in [-0.39, 0.29) is 25.0 Å².